The fourth-order valence-corrected chi connectivity index (χ4v) is 4.39. The predicted molar refractivity (Wildman–Crippen MR) is 81.1 cm³/mol. The van der Waals surface area contributed by atoms with Gasteiger partial charge in [0.25, 0.3) is 0 Å². The van der Waals surface area contributed by atoms with Crippen LogP contribution in [0.25, 0.3) is 0 Å². The number of benzene rings is 1. The fraction of sp³-hybridized carbons (Fsp3) is 0.625. The Kier molecular flexibility index (Phi) is 5.08. The number of thioether (sulfide) groups is 1. The molecule has 0 radical (unpaired) electrons. The van der Waals surface area contributed by atoms with E-state index in [9.17, 15) is 8.78 Å². The van der Waals surface area contributed by atoms with E-state index in [4.69, 9.17) is 0 Å². The Balaban J connectivity index is 2.11. The quantitative estimate of drug-likeness (QED) is 0.852. The van der Waals surface area contributed by atoms with Crippen molar-refractivity contribution >= 4 is 11.8 Å². The van der Waals surface area contributed by atoms with Crippen LogP contribution in [0.2, 0.25) is 0 Å². The predicted octanol–water partition coefficient (Wildman–Crippen LogP) is 4.61. The van der Waals surface area contributed by atoms with Crippen molar-refractivity contribution in [3.8, 4) is 0 Å². The van der Waals surface area contributed by atoms with Crippen LogP contribution in [-0.4, -0.2) is 17.8 Å². The molecule has 0 bridgehead atoms. The van der Waals surface area contributed by atoms with Gasteiger partial charge >= 0.3 is 0 Å². The molecule has 0 aliphatic heterocycles. The summed E-state index contributed by atoms with van der Waals surface area (Å²) in [5, 5.41) is 3.95. The van der Waals surface area contributed by atoms with E-state index in [1.54, 1.807) is 17.8 Å². The van der Waals surface area contributed by atoms with Crippen molar-refractivity contribution in [3.63, 3.8) is 0 Å². The second kappa shape index (κ2) is 6.44. The van der Waals surface area contributed by atoms with Crippen LogP contribution < -0.4 is 5.32 Å². The lowest BCUT2D eigenvalue weighted by Gasteiger charge is -2.31. The summed E-state index contributed by atoms with van der Waals surface area (Å²) in [6.07, 6.45) is 3.29. The Hall–Kier alpha value is -0.610. The number of hydrogen-bond donors (Lipinski definition) is 1. The number of hydrogen-bond acceptors (Lipinski definition) is 2. The molecule has 0 saturated heterocycles. The molecule has 2 unspecified atom stereocenters. The van der Waals surface area contributed by atoms with Crippen LogP contribution in [-0.2, 0) is 0 Å². The highest BCUT2D eigenvalue weighted by molar-refractivity contribution is 8.00. The Labute approximate surface area is 124 Å². The van der Waals surface area contributed by atoms with Gasteiger partial charge in [-0.2, -0.15) is 0 Å². The number of nitrogens with one attached hydrogen (secondary N) is 1. The van der Waals surface area contributed by atoms with E-state index in [1.165, 1.54) is 6.07 Å². The van der Waals surface area contributed by atoms with Gasteiger partial charge in [0.2, 0.25) is 0 Å². The van der Waals surface area contributed by atoms with Crippen LogP contribution in [0.15, 0.2) is 23.1 Å². The minimum absolute atomic E-state index is 0.226. The maximum atomic E-state index is 13.8. The van der Waals surface area contributed by atoms with Crippen LogP contribution in [0.5, 0.6) is 0 Å². The molecule has 1 N–H and O–H groups in total. The van der Waals surface area contributed by atoms with E-state index in [0.29, 0.717) is 16.2 Å². The summed E-state index contributed by atoms with van der Waals surface area (Å²) >= 11 is 1.54. The third-order valence-electron chi connectivity index (χ3n) is 4.07. The second-order valence-electron chi connectivity index (χ2n) is 6.19. The van der Waals surface area contributed by atoms with Crippen molar-refractivity contribution < 1.29 is 8.78 Å². The first-order valence-electron chi connectivity index (χ1n) is 7.29. The van der Waals surface area contributed by atoms with E-state index in [-0.39, 0.29) is 5.41 Å². The summed E-state index contributed by atoms with van der Waals surface area (Å²) in [6.45, 7) is 7.66. The zero-order valence-electron chi connectivity index (χ0n) is 12.4. The first-order valence-corrected chi connectivity index (χ1v) is 8.17. The summed E-state index contributed by atoms with van der Waals surface area (Å²) in [7, 11) is 0. The van der Waals surface area contributed by atoms with Crippen molar-refractivity contribution in [2.24, 2.45) is 5.41 Å². The van der Waals surface area contributed by atoms with Gasteiger partial charge in [-0.25, -0.2) is 8.78 Å². The number of halogens is 2. The molecule has 1 fully saturated rings. The van der Waals surface area contributed by atoms with Crippen molar-refractivity contribution in [2.45, 2.75) is 56.2 Å². The van der Waals surface area contributed by atoms with Gasteiger partial charge < -0.3 is 5.32 Å². The van der Waals surface area contributed by atoms with Crippen molar-refractivity contribution in [1.29, 1.82) is 0 Å². The van der Waals surface area contributed by atoms with Gasteiger partial charge in [0.1, 0.15) is 11.6 Å². The monoisotopic (exact) mass is 299 g/mol. The average Bonchev–Trinajstić information content (AvgIpc) is 2.65. The third kappa shape index (κ3) is 3.53. The minimum atomic E-state index is -0.515. The van der Waals surface area contributed by atoms with E-state index in [1.807, 2.05) is 0 Å². The number of rotatable bonds is 5. The van der Waals surface area contributed by atoms with Gasteiger partial charge in [0.15, 0.2) is 0 Å². The lowest BCUT2D eigenvalue weighted by molar-refractivity contribution is 0.287. The Morgan fingerprint density at radius 3 is 2.75 bits per heavy atom. The maximum Gasteiger partial charge on any atom is 0.139 e. The molecule has 1 aliphatic carbocycles. The largest absolute Gasteiger partial charge is 0.312 e. The van der Waals surface area contributed by atoms with Crippen LogP contribution >= 0.6 is 11.8 Å². The molecule has 1 aliphatic rings. The molecule has 1 aromatic rings. The topological polar surface area (TPSA) is 12.0 Å². The molecule has 2 rings (SSSR count). The molecule has 0 amide bonds. The van der Waals surface area contributed by atoms with Gasteiger partial charge in [-0.05, 0) is 43.4 Å². The summed E-state index contributed by atoms with van der Waals surface area (Å²) < 4.78 is 26.8. The highest BCUT2D eigenvalue weighted by Crippen LogP contribution is 2.45. The maximum absolute atomic E-state index is 13.8. The van der Waals surface area contributed by atoms with Gasteiger partial charge in [-0.15, -0.1) is 11.8 Å². The van der Waals surface area contributed by atoms with Crippen LogP contribution in [0, 0.1) is 17.0 Å². The highest BCUT2D eigenvalue weighted by atomic mass is 32.2. The minimum Gasteiger partial charge on any atom is -0.312 e. The van der Waals surface area contributed by atoms with Crippen LogP contribution in [0.1, 0.15) is 40.0 Å². The third-order valence-corrected chi connectivity index (χ3v) is 5.47. The van der Waals surface area contributed by atoms with Gasteiger partial charge in [-0.3, -0.25) is 0 Å². The highest BCUT2D eigenvalue weighted by Gasteiger charge is 2.42. The molecule has 112 valence electrons. The molecule has 2 atom stereocenters. The lowest BCUT2D eigenvalue weighted by atomic mass is 9.87. The second-order valence-corrected chi connectivity index (χ2v) is 7.47. The standard InChI is InChI=1S/C16H23F2NS/c1-4-9-19-15-14(7-8-16(15,2)3)20-13-6-5-11(17)10-12(13)18/h5-6,10,14-15,19H,4,7-9H2,1-3H3. The van der Waals surface area contributed by atoms with Crippen LogP contribution in [0.3, 0.4) is 0 Å². The normalized spacial score (nSPS) is 25.1. The molecular formula is C16H23F2NS. The fourth-order valence-electron chi connectivity index (χ4n) is 2.91. The van der Waals surface area contributed by atoms with E-state index < -0.39 is 11.6 Å². The Morgan fingerprint density at radius 2 is 2.10 bits per heavy atom. The molecule has 0 spiro atoms. The Bertz CT molecular complexity index is 462. The molecule has 0 aromatic heterocycles. The Morgan fingerprint density at radius 1 is 1.35 bits per heavy atom. The van der Waals surface area contributed by atoms with E-state index in [2.05, 4.69) is 26.1 Å². The first-order chi connectivity index (χ1) is 9.44. The van der Waals surface area contributed by atoms with E-state index in [0.717, 1.165) is 31.9 Å². The molecule has 1 nitrogen and oxygen atoms in total. The van der Waals surface area contributed by atoms with Crippen molar-refractivity contribution in [1.82, 2.24) is 5.32 Å². The molecular weight excluding hydrogens is 276 g/mol. The SMILES string of the molecule is CCCNC1C(Sc2ccc(F)cc2F)CCC1(C)C. The summed E-state index contributed by atoms with van der Waals surface area (Å²) in [4.78, 5) is 0.553. The van der Waals surface area contributed by atoms with Gasteiger partial charge in [0.05, 0.1) is 0 Å². The first kappa shape index (κ1) is 15.8. The average molecular weight is 299 g/mol. The van der Waals surface area contributed by atoms with Crippen molar-refractivity contribution in [2.75, 3.05) is 6.54 Å². The summed E-state index contributed by atoms with van der Waals surface area (Å²) in [5.74, 6) is -0.965. The molecule has 1 aromatic carbocycles. The molecule has 0 heterocycles. The molecule has 4 heteroatoms. The smallest absolute Gasteiger partial charge is 0.139 e. The van der Waals surface area contributed by atoms with Crippen LogP contribution in [0.4, 0.5) is 8.78 Å². The molecule has 1 saturated carbocycles. The van der Waals surface area contributed by atoms with Gasteiger partial charge in [0, 0.05) is 22.3 Å². The van der Waals surface area contributed by atoms with Crippen molar-refractivity contribution in [3.05, 3.63) is 29.8 Å². The van der Waals surface area contributed by atoms with Gasteiger partial charge in [-0.1, -0.05) is 20.8 Å². The molecule has 20 heavy (non-hydrogen) atoms. The van der Waals surface area contributed by atoms with E-state index >= 15 is 0 Å². The summed E-state index contributed by atoms with van der Waals surface area (Å²) in [6, 6.07) is 4.23. The zero-order chi connectivity index (χ0) is 14.8. The summed E-state index contributed by atoms with van der Waals surface area (Å²) in [5.41, 5.74) is 0.226. The zero-order valence-corrected chi connectivity index (χ0v) is 13.2. The lowest BCUT2D eigenvalue weighted by Crippen LogP contribution is -2.43.